The van der Waals surface area contributed by atoms with Crippen LogP contribution in [0.2, 0.25) is 0 Å². The molecule has 0 atom stereocenters. The van der Waals surface area contributed by atoms with E-state index < -0.39 is 0 Å². The molecule has 1 aromatic carbocycles. The lowest BCUT2D eigenvalue weighted by atomic mass is 10.2. The second-order valence-corrected chi connectivity index (χ2v) is 3.11. The topological polar surface area (TPSA) is 9.23 Å². The summed E-state index contributed by atoms with van der Waals surface area (Å²) in [6.45, 7) is 9.41. The maximum absolute atomic E-state index is 5.58. The van der Waals surface area contributed by atoms with Gasteiger partial charge in [0.05, 0.1) is 0 Å². The summed E-state index contributed by atoms with van der Waals surface area (Å²) in [5.74, 6) is 1.52. The molecule has 0 amide bonds. The summed E-state index contributed by atoms with van der Waals surface area (Å²) in [4.78, 5) is 0. The maximum atomic E-state index is 5.58. The van der Waals surface area contributed by atoms with Crippen molar-refractivity contribution in [2.45, 2.75) is 13.3 Å². The van der Waals surface area contributed by atoms with Gasteiger partial charge < -0.3 is 4.74 Å². The first-order valence-electron chi connectivity index (χ1n) is 5.02. The molecule has 0 radical (unpaired) electrons. The van der Waals surface area contributed by atoms with Gasteiger partial charge in [0, 0.05) is 0 Å². The van der Waals surface area contributed by atoms with Gasteiger partial charge in [0.2, 0.25) is 0 Å². The first kappa shape index (κ1) is 11.3. The van der Waals surface area contributed by atoms with Crippen LogP contribution in [0.1, 0.15) is 12.5 Å². The quantitative estimate of drug-likeness (QED) is 0.517. The van der Waals surface area contributed by atoms with Gasteiger partial charge in [-0.3, -0.25) is 0 Å². The van der Waals surface area contributed by atoms with Gasteiger partial charge in [-0.25, -0.2) is 0 Å². The fourth-order valence-corrected chi connectivity index (χ4v) is 1.19. The molecule has 0 aromatic heterocycles. The smallest absolute Gasteiger partial charge is 0.127 e. The van der Waals surface area contributed by atoms with Crippen LogP contribution in [-0.4, -0.2) is 0 Å². The molecule has 0 saturated heterocycles. The summed E-state index contributed by atoms with van der Waals surface area (Å²) in [5.41, 5.74) is 1.30. The molecule has 0 aliphatic carbocycles. The van der Waals surface area contributed by atoms with E-state index in [1.165, 1.54) is 5.56 Å². The van der Waals surface area contributed by atoms with E-state index >= 15 is 0 Å². The van der Waals surface area contributed by atoms with Crippen LogP contribution in [0.25, 0.3) is 0 Å². The van der Waals surface area contributed by atoms with Crippen LogP contribution in [0.5, 0.6) is 5.75 Å². The van der Waals surface area contributed by atoms with Gasteiger partial charge in [0.15, 0.2) is 0 Å². The second-order valence-electron chi connectivity index (χ2n) is 3.11. The monoisotopic (exact) mass is 200 g/mol. The molecule has 0 spiro atoms. The normalized spacial score (nSPS) is 10.9. The molecule has 15 heavy (non-hydrogen) atoms. The van der Waals surface area contributed by atoms with E-state index in [0.29, 0.717) is 5.76 Å². The van der Waals surface area contributed by atoms with Crippen LogP contribution >= 0.6 is 0 Å². The summed E-state index contributed by atoms with van der Waals surface area (Å²) in [6, 6.07) is 8.03. The maximum Gasteiger partial charge on any atom is 0.127 e. The lowest BCUT2D eigenvalue weighted by molar-refractivity contribution is 0.444. The second kappa shape index (κ2) is 5.86. The Kier molecular flexibility index (Phi) is 4.42. The first-order valence-corrected chi connectivity index (χ1v) is 5.02. The Balaban J connectivity index is 2.75. The predicted molar refractivity (Wildman–Crippen MR) is 64.9 cm³/mol. The summed E-state index contributed by atoms with van der Waals surface area (Å²) in [5, 5.41) is 0. The van der Waals surface area contributed by atoms with Crippen molar-refractivity contribution in [3.8, 4) is 5.75 Å². The Morgan fingerprint density at radius 3 is 2.40 bits per heavy atom. The largest absolute Gasteiger partial charge is 0.457 e. The van der Waals surface area contributed by atoms with Crippen LogP contribution in [0.3, 0.4) is 0 Å². The van der Waals surface area contributed by atoms with Crippen LogP contribution in [0.4, 0.5) is 0 Å². The first-order chi connectivity index (χ1) is 7.30. The molecular weight excluding hydrogens is 184 g/mol. The van der Waals surface area contributed by atoms with Crippen molar-refractivity contribution in [3.63, 3.8) is 0 Å². The number of rotatable bonds is 5. The fraction of sp³-hybridized carbons (Fsp3) is 0.143. The zero-order valence-corrected chi connectivity index (χ0v) is 9.07. The number of hydrogen-bond donors (Lipinski definition) is 0. The van der Waals surface area contributed by atoms with Crippen molar-refractivity contribution in [2.24, 2.45) is 0 Å². The third-order valence-electron chi connectivity index (χ3n) is 2.05. The third-order valence-corrected chi connectivity index (χ3v) is 2.05. The number of hydrogen-bond acceptors (Lipinski definition) is 1. The summed E-state index contributed by atoms with van der Waals surface area (Å²) >= 11 is 0. The summed E-state index contributed by atoms with van der Waals surface area (Å²) < 4.78 is 5.58. The van der Waals surface area contributed by atoms with Crippen LogP contribution in [-0.2, 0) is 6.42 Å². The number of benzene rings is 1. The average molecular weight is 200 g/mol. The van der Waals surface area contributed by atoms with Gasteiger partial charge in [0.1, 0.15) is 11.5 Å². The lowest BCUT2D eigenvalue weighted by Crippen LogP contribution is -1.91. The molecule has 0 saturated carbocycles. The molecule has 0 N–H and O–H groups in total. The minimum absolute atomic E-state index is 0.703. The van der Waals surface area contributed by atoms with Crippen molar-refractivity contribution < 1.29 is 4.74 Å². The Morgan fingerprint density at radius 2 is 1.93 bits per heavy atom. The molecule has 1 nitrogen and oxygen atoms in total. The zero-order valence-electron chi connectivity index (χ0n) is 9.07. The van der Waals surface area contributed by atoms with Gasteiger partial charge in [-0.05, 0) is 36.3 Å². The Morgan fingerprint density at radius 1 is 1.27 bits per heavy atom. The Hall–Kier alpha value is -1.76. The standard InChI is InChI=1S/C14H16O/c1-4-7-13(6-3)15-14-10-8-12(5-2)9-11-14/h4,6-11H,1,3,5H2,2H3/b13-7+. The van der Waals surface area contributed by atoms with Gasteiger partial charge in [-0.15, -0.1) is 0 Å². The number of ether oxygens (including phenoxy) is 1. The SMILES string of the molecule is C=C/C=C(\C=C)Oc1ccc(CC)cc1. The highest BCUT2D eigenvalue weighted by Crippen LogP contribution is 2.15. The van der Waals surface area contributed by atoms with Crippen molar-refractivity contribution in [2.75, 3.05) is 0 Å². The molecule has 0 bridgehead atoms. The number of aryl methyl sites for hydroxylation is 1. The van der Waals surface area contributed by atoms with E-state index in [-0.39, 0.29) is 0 Å². The lowest BCUT2D eigenvalue weighted by Gasteiger charge is -2.06. The molecule has 0 aliphatic rings. The van der Waals surface area contributed by atoms with Crippen LogP contribution in [0.15, 0.2) is 61.4 Å². The van der Waals surface area contributed by atoms with E-state index in [1.54, 1.807) is 18.2 Å². The molecule has 0 fully saturated rings. The van der Waals surface area contributed by atoms with Gasteiger partial charge in [-0.2, -0.15) is 0 Å². The van der Waals surface area contributed by atoms with Crippen LogP contribution in [0, 0.1) is 0 Å². The number of allylic oxidation sites excluding steroid dienone is 3. The highest BCUT2D eigenvalue weighted by atomic mass is 16.5. The van der Waals surface area contributed by atoms with Crippen LogP contribution < -0.4 is 4.74 Å². The highest BCUT2D eigenvalue weighted by Gasteiger charge is 1.95. The molecule has 1 heteroatoms. The molecule has 0 aliphatic heterocycles. The summed E-state index contributed by atoms with van der Waals surface area (Å²) in [7, 11) is 0. The van der Waals surface area contributed by atoms with E-state index in [1.807, 2.05) is 12.1 Å². The van der Waals surface area contributed by atoms with E-state index in [9.17, 15) is 0 Å². The van der Waals surface area contributed by atoms with E-state index in [0.717, 1.165) is 12.2 Å². The van der Waals surface area contributed by atoms with Gasteiger partial charge in [0.25, 0.3) is 0 Å². The predicted octanol–water partition coefficient (Wildman–Crippen LogP) is 3.88. The highest BCUT2D eigenvalue weighted by molar-refractivity contribution is 5.30. The minimum atomic E-state index is 0.703. The van der Waals surface area contributed by atoms with E-state index in [4.69, 9.17) is 4.74 Å². The molecule has 0 heterocycles. The summed E-state index contributed by atoms with van der Waals surface area (Å²) in [6.07, 6.45) is 6.16. The molecular formula is C14H16O. The van der Waals surface area contributed by atoms with Crippen molar-refractivity contribution in [1.29, 1.82) is 0 Å². The molecule has 1 aromatic rings. The Labute approximate surface area is 91.4 Å². The zero-order chi connectivity index (χ0) is 11.1. The average Bonchev–Trinajstić information content (AvgIpc) is 2.29. The third kappa shape index (κ3) is 3.47. The molecule has 0 unspecified atom stereocenters. The van der Waals surface area contributed by atoms with Crippen molar-refractivity contribution in [3.05, 3.63) is 67.0 Å². The minimum Gasteiger partial charge on any atom is -0.457 e. The Bertz CT molecular complexity index is 357. The molecule has 78 valence electrons. The fourth-order valence-electron chi connectivity index (χ4n) is 1.19. The van der Waals surface area contributed by atoms with Crippen molar-refractivity contribution in [1.82, 2.24) is 0 Å². The van der Waals surface area contributed by atoms with E-state index in [2.05, 4.69) is 32.2 Å². The van der Waals surface area contributed by atoms with Gasteiger partial charge >= 0.3 is 0 Å². The molecule has 1 rings (SSSR count). The van der Waals surface area contributed by atoms with Gasteiger partial charge in [-0.1, -0.05) is 38.3 Å². The van der Waals surface area contributed by atoms with Crippen molar-refractivity contribution >= 4 is 0 Å².